The van der Waals surface area contributed by atoms with Gasteiger partial charge in [-0.05, 0) is 30.8 Å². The predicted molar refractivity (Wildman–Crippen MR) is 92.4 cm³/mol. The molecular weight excluding hydrogens is 308 g/mol. The lowest BCUT2D eigenvalue weighted by molar-refractivity contribution is 0.0930. The van der Waals surface area contributed by atoms with Gasteiger partial charge < -0.3 is 20.0 Å². The van der Waals surface area contributed by atoms with E-state index in [1.54, 1.807) is 7.11 Å². The third-order valence-electron chi connectivity index (χ3n) is 4.03. The fourth-order valence-electron chi connectivity index (χ4n) is 2.71. The number of hydrogen-bond acceptors (Lipinski definition) is 4. The number of aromatic amines is 2. The number of H-pyrrole nitrogens is 2. The van der Waals surface area contributed by atoms with Gasteiger partial charge >= 0.3 is 5.69 Å². The molecule has 0 radical (unpaired) electrons. The largest absolute Gasteiger partial charge is 0.497 e. The molecule has 1 heterocycles. The Balaban J connectivity index is 2.16. The van der Waals surface area contributed by atoms with Gasteiger partial charge in [0, 0.05) is 12.7 Å². The molecule has 7 heteroatoms. The van der Waals surface area contributed by atoms with Gasteiger partial charge in [-0.25, -0.2) is 4.79 Å². The number of hydrogen-bond donors (Lipinski definition) is 3. The van der Waals surface area contributed by atoms with E-state index in [0.717, 1.165) is 24.4 Å². The molecule has 1 amide bonds. The van der Waals surface area contributed by atoms with Gasteiger partial charge in [-0.3, -0.25) is 9.69 Å². The summed E-state index contributed by atoms with van der Waals surface area (Å²) in [4.78, 5) is 30.4. The van der Waals surface area contributed by atoms with Crippen molar-refractivity contribution in [1.82, 2.24) is 20.2 Å². The third-order valence-corrected chi connectivity index (χ3v) is 4.03. The van der Waals surface area contributed by atoms with Crippen molar-refractivity contribution >= 4 is 5.91 Å². The van der Waals surface area contributed by atoms with Crippen LogP contribution in [-0.2, 0) is 0 Å². The maximum atomic E-state index is 12.2. The minimum Gasteiger partial charge on any atom is -0.497 e. The van der Waals surface area contributed by atoms with Crippen LogP contribution in [0.1, 0.15) is 35.9 Å². The van der Waals surface area contributed by atoms with Crippen LogP contribution in [0, 0.1) is 0 Å². The number of amides is 1. The summed E-state index contributed by atoms with van der Waals surface area (Å²) in [6.45, 7) is 6.32. The number of benzene rings is 1. The number of likely N-dealkylation sites (N-methyl/N-ethyl adjacent to an activating group) is 1. The maximum absolute atomic E-state index is 12.2. The van der Waals surface area contributed by atoms with E-state index in [2.05, 4.69) is 34.0 Å². The van der Waals surface area contributed by atoms with Crippen LogP contribution < -0.4 is 15.7 Å². The molecule has 24 heavy (non-hydrogen) atoms. The molecule has 7 nitrogen and oxygen atoms in total. The third kappa shape index (κ3) is 4.26. The molecule has 0 saturated carbocycles. The molecule has 2 aromatic rings. The minimum atomic E-state index is -0.395. The lowest BCUT2D eigenvalue weighted by atomic mass is 10.0. The van der Waals surface area contributed by atoms with Crippen LogP contribution in [0.4, 0.5) is 0 Å². The summed E-state index contributed by atoms with van der Waals surface area (Å²) in [7, 11) is 1.63. The molecule has 0 bridgehead atoms. The topological polar surface area (TPSA) is 90.2 Å². The molecule has 0 saturated heterocycles. The van der Waals surface area contributed by atoms with Crippen LogP contribution in [0.5, 0.6) is 5.75 Å². The Hall–Kier alpha value is -2.54. The first-order valence-electron chi connectivity index (χ1n) is 8.02. The first-order valence-corrected chi connectivity index (χ1v) is 8.02. The predicted octanol–water partition coefficient (Wildman–Crippen LogP) is 1.52. The lowest BCUT2D eigenvalue weighted by Gasteiger charge is -2.30. The fraction of sp³-hybridized carbons (Fsp3) is 0.412. The van der Waals surface area contributed by atoms with E-state index < -0.39 is 5.69 Å². The van der Waals surface area contributed by atoms with Gasteiger partial charge in [0.25, 0.3) is 5.91 Å². The van der Waals surface area contributed by atoms with Crippen molar-refractivity contribution in [2.45, 2.75) is 19.9 Å². The van der Waals surface area contributed by atoms with Crippen LogP contribution in [0.3, 0.4) is 0 Å². The molecule has 0 unspecified atom stereocenters. The second kappa shape index (κ2) is 8.35. The number of aromatic nitrogens is 2. The Bertz CT molecular complexity index is 718. The highest BCUT2D eigenvalue weighted by atomic mass is 16.5. The highest BCUT2D eigenvalue weighted by Gasteiger charge is 2.20. The molecule has 1 aromatic carbocycles. The fourth-order valence-corrected chi connectivity index (χ4v) is 2.71. The SMILES string of the molecule is CCN(CC)[C@@H](CNC(=O)c1c[nH]c(=O)[nH]1)c1cccc(OC)c1. The Kier molecular flexibility index (Phi) is 6.20. The quantitative estimate of drug-likeness (QED) is 0.684. The van der Waals surface area contributed by atoms with Crippen molar-refractivity contribution in [1.29, 1.82) is 0 Å². The second-order valence-corrected chi connectivity index (χ2v) is 5.38. The summed E-state index contributed by atoms with van der Waals surface area (Å²) in [6, 6.07) is 7.86. The summed E-state index contributed by atoms with van der Waals surface area (Å²) in [5.74, 6) is 0.472. The number of nitrogens with one attached hydrogen (secondary N) is 3. The monoisotopic (exact) mass is 332 g/mol. The molecule has 1 atom stereocenters. The van der Waals surface area contributed by atoms with Gasteiger partial charge in [0.05, 0.1) is 13.2 Å². The maximum Gasteiger partial charge on any atom is 0.323 e. The molecular formula is C17H24N4O3. The highest BCUT2D eigenvalue weighted by molar-refractivity contribution is 5.91. The van der Waals surface area contributed by atoms with E-state index in [9.17, 15) is 9.59 Å². The average Bonchev–Trinajstić information content (AvgIpc) is 3.05. The van der Waals surface area contributed by atoms with Crippen LogP contribution in [0.2, 0.25) is 0 Å². The smallest absolute Gasteiger partial charge is 0.323 e. The summed E-state index contributed by atoms with van der Waals surface area (Å²) < 4.78 is 5.30. The van der Waals surface area contributed by atoms with E-state index >= 15 is 0 Å². The molecule has 2 rings (SSSR count). The van der Waals surface area contributed by atoms with E-state index in [0.29, 0.717) is 6.54 Å². The average molecular weight is 332 g/mol. The highest BCUT2D eigenvalue weighted by Crippen LogP contribution is 2.23. The summed E-state index contributed by atoms with van der Waals surface area (Å²) in [5.41, 5.74) is 0.901. The van der Waals surface area contributed by atoms with E-state index in [1.165, 1.54) is 6.20 Å². The summed E-state index contributed by atoms with van der Waals surface area (Å²) in [5, 5.41) is 2.89. The first kappa shape index (κ1) is 17.8. The molecule has 0 aliphatic carbocycles. The molecule has 0 spiro atoms. The van der Waals surface area contributed by atoms with Crippen molar-refractivity contribution in [3.8, 4) is 5.75 Å². The van der Waals surface area contributed by atoms with Crippen LogP contribution >= 0.6 is 0 Å². The number of carbonyl (C=O) groups excluding carboxylic acids is 1. The minimum absolute atomic E-state index is 0.0183. The zero-order chi connectivity index (χ0) is 17.5. The van der Waals surface area contributed by atoms with Crippen molar-refractivity contribution in [3.05, 3.63) is 52.2 Å². The molecule has 130 valence electrons. The van der Waals surface area contributed by atoms with Crippen LogP contribution in [0.15, 0.2) is 35.3 Å². The van der Waals surface area contributed by atoms with Crippen molar-refractivity contribution < 1.29 is 9.53 Å². The molecule has 1 aromatic heterocycles. The van der Waals surface area contributed by atoms with Crippen LogP contribution in [0.25, 0.3) is 0 Å². The number of rotatable bonds is 8. The zero-order valence-corrected chi connectivity index (χ0v) is 14.3. The molecule has 0 aliphatic rings. The number of nitrogens with zero attached hydrogens (tertiary/aromatic N) is 1. The van der Waals surface area contributed by atoms with Crippen molar-refractivity contribution in [2.24, 2.45) is 0 Å². The number of methoxy groups -OCH3 is 1. The normalized spacial score (nSPS) is 12.2. The van der Waals surface area contributed by atoms with Gasteiger partial charge in [-0.15, -0.1) is 0 Å². The summed E-state index contributed by atoms with van der Waals surface area (Å²) in [6.07, 6.45) is 1.37. The Labute approximate surface area is 141 Å². The molecule has 3 N–H and O–H groups in total. The number of carbonyl (C=O) groups is 1. The Morgan fingerprint density at radius 1 is 1.33 bits per heavy atom. The first-order chi connectivity index (χ1) is 11.6. The standard InChI is InChI=1S/C17H24N4O3/c1-4-21(5-2)15(12-7-6-8-13(9-12)24-3)11-18-16(22)14-10-19-17(23)20-14/h6-10,15H,4-5,11H2,1-3H3,(H,18,22)(H2,19,20,23)/t15-/m0/s1. The number of ether oxygens (including phenoxy) is 1. The van der Waals surface area contributed by atoms with Crippen LogP contribution in [-0.4, -0.2) is 47.5 Å². The van der Waals surface area contributed by atoms with Gasteiger partial charge in [0.1, 0.15) is 11.4 Å². The molecule has 0 aliphatic heterocycles. The molecule has 0 fully saturated rings. The van der Waals surface area contributed by atoms with Crippen molar-refractivity contribution in [3.63, 3.8) is 0 Å². The number of imidazole rings is 1. The van der Waals surface area contributed by atoms with E-state index in [4.69, 9.17) is 4.74 Å². The second-order valence-electron chi connectivity index (χ2n) is 5.38. The van der Waals surface area contributed by atoms with Crippen molar-refractivity contribution in [2.75, 3.05) is 26.7 Å². The zero-order valence-electron chi connectivity index (χ0n) is 14.3. The Morgan fingerprint density at radius 3 is 2.67 bits per heavy atom. The summed E-state index contributed by atoms with van der Waals surface area (Å²) >= 11 is 0. The van der Waals surface area contributed by atoms with E-state index in [-0.39, 0.29) is 17.6 Å². The van der Waals surface area contributed by atoms with Gasteiger partial charge in [0.15, 0.2) is 0 Å². The van der Waals surface area contributed by atoms with Gasteiger partial charge in [-0.2, -0.15) is 0 Å². The lowest BCUT2D eigenvalue weighted by Crippen LogP contribution is -2.38. The van der Waals surface area contributed by atoms with E-state index in [1.807, 2.05) is 24.3 Å². The van der Waals surface area contributed by atoms with Gasteiger partial charge in [-0.1, -0.05) is 26.0 Å². The van der Waals surface area contributed by atoms with Gasteiger partial charge in [0.2, 0.25) is 0 Å². The Morgan fingerprint density at radius 2 is 2.08 bits per heavy atom.